The third kappa shape index (κ3) is 3.67. The lowest BCUT2D eigenvalue weighted by Crippen LogP contribution is -2.16. The Labute approximate surface area is 162 Å². The predicted octanol–water partition coefficient (Wildman–Crippen LogP) is 5.58. The molecule has 0 aliphatic heterocycles. The van der Waals surface area contributed by atoms with E-state index in [2.05, 4.69) is 32.3 Å². The van der Waals surface area contributed by atoms with Crippen LogP contribution in [0.5, 0.6) is 0 Å². The van der Waals surface area contributed by atoms with Crippen molar-refractivity contribution >= 4 is 39.1 Å². The fraction of sp³-hybridized carbons (Fsp3) is 0.238. The molecule has 0 atom stereocenters. The van der Waals surface area contributed by atoms with Gasteiger partial charge in [0.25, 0.3) is 5.91 Å². The van der Waals surface area contributed by atoms with Crippen LogP contribution in [-0.2, 0) is 12.0 Å². The largest absolute Gasteiger partial charge is 0.311 e. The maximum absolute atomic E-state index is 12.7. The highest BCUT2D eigenvalue weighted by atomic mass is 35.5. The van der Waals surface area contributed by atoms with E-state index >= 15 is 0 Å². The Bertz CT molecular complexity index is 1040. The Morgan fingerprint density at radius 3 is 2.54 bits per heavy atom. The highest BCUT2D eigenvalue weighted by Crippen LogP contribution is 2.25. The van der Waals surface area contributed by atoms with Gasteiger partial charge in [-0.1, -0.05) is 68.0 Å². The highest BCUT2D eigenvalue weighted by Gasteiger charge is 2.15. The molecule has 1 aromatic heterocycles. The van der Waals surface area contributed by atoms with E-state index in [4.69, 9.17) is 11.6 Å². The van der Waals surface area contributed by atoms with Crippen molar-refractivity contribution < 1.29 is 4.79 Å². The van der Waals surface area contributed by atoms with Crippen LogP contribution in [0.2, 0.25) is 5.02 Å². The molecule has 3 nitrogen and oxygen atoms in total. The summed E-state index contributed by atoms with van der Waals surface area (Å²) in [4.78, 5) is 17.6. The molecule has 5 heteroatoms. The smallest absolute Gasteiger partial charge is 0.279 e. The molecule has 2 aromatic carbocycles. The lowest BCUT2D eigenvalue weighted by Gasteiger charge is -2.18. The quantitative estimate of drug-likeness (QED) is 0.542. The van der Waals surface area contributed by atoms with Crippen LogP contribution in [0.4, 0.5) is 0 Å². The Kier molecular flexibility index (Phi) is 5.17. The number of hydrogen-bond acceptors (Lipinski definition) is 2. The first kappa shape index (κ1) is 18.6. The van der Waals surface area contributed by atoms with E-state index in [1.54, 1.807) is 6.08 Å². The minimum absolute atomic E-state index is 0.0495. The van der Waals surface area contributed by atoms with Crippen molar-refractivity contribution in [2.24, 2.45) is 4.99 Å². The Balaban J connectivity index is 2.07. The van der Waals surface area contributed by atoms with E-state index in [0.29, 0.717) is 21.9 Å². The minimum Gasteiger partial charge on any atom is -0.311 e. The summed E-state index contributed by atoms with van der Waals surface area (Å²) < 4.78 is 2.92. The molecule has 3 aromatic rings. The normalized spacial score (nSPS) is 12.5. The summed E-state index contributed by atoms with van der Waals surface area (Å²) in [5.74, 6) is -0.258. The van der Waals surface area contributed by atoms with Crippen molar-refractivity contribution in [2.45, 2.75) is 32.7 Å². The first-order chi connectivity index (χ1) is 12.3. The van der Waals surface area contributed by atoms with Crippen LogP contribution in [0, 0.1) is 0 Å². The van der Waals surface area contributed by atoms with Gasteiger partial charge in [-0.2, -0.15) is 4.99 Å². The average Bonchev–Trinajstić information content (AvgIpc) is 2.93. The molecule has 0 unspecified atom stereocenters. The van der Waals surface area contributed by atoms with Crippen molar-refractivity contribution in [1.29, 1.82) is 0 Å². The Morgan fingerprint density at radius 2 is 1.92 bits per heavy atom. The molecule has 1 heterocycles. The molecule has 0 aliphatic carbocycles. The molecule has 0 N–H and O–H groups in total. The van der Waals surface area contributed by atoms with Gasteiger partial charge in [0.1, 0.15) is 0 Å². The molecule has 0 spiro atoms. The van der Waals surface area contributed by atoms with Crippen LogP contribution < -0.4 is 4.80 Å². The molecule has 0 saturated carbocycles. The summed E-state index contributed by atoms with van der Waals surface area (Å²) in [5, 5.41) is 0.643. The molecule has 1 amide bonds. The zero-order valence-electron chi connectivity index (χ0n) is 15.1. The summed E-state index contributed by atoms with van der Waals surface area (Å²) >= 11 is 7.80. The molecule has 0 fully saturated rings. The molecule has 0 aliphatic rings. The van der Waals surface area contributed by atoms with Crippen molar-refractivity contribution in [3.8, 4) is 0 Å². The molecule has 0 bridgehead atoms. The van der Waals surface area contributed by atoms with Gasteiger partial charge in [0.05, 0.1) is 15.2 Å². The molecule has 0 saturated heterocycles. The number of fused-ring (bicyclic) bond motifs is 1. The maximum atomic E-state index is 12.7. The van der Waals surface area contributed by atoms with E-state index in [1.165, 1.54) is 16.9 Å². The number of para-hydroxylation sites is 1. The first-order valence-corrected chi connectivity index (χ1v) is 9.59. The average molecular weight is 385 g/mol. The number of aromatic nitrogens is 1. The third-order valence-electron chi connectivity index (χ3n) is 4.16. The van der Waals surface area contributed by atoms with E-state index in [9.17, 15) is 4.79 Å². The molecule has 0 radical (unpaired) electrons. The van der Waals surface area contributed by atoms with Crippen LogP contribution in [0.25, 0.3) is 10.2 Å². The highest BCUT2D eigenvalue weighted by molar-refractivity contribution is 7.16. The number of carbonyl (C=O) groups excluding carboxylic acids is 1. The molecular formula is C21H21ClN2OS. The topological polar surface area (TPSA) is 34.4 Å². The Morgan fingerprint density at radius 1 is 1.23 bits per heavy atom. The van der Waals surface area contributed by atoms with Gasteiger partial charge in [0.2, 0.25) is 0 Å². The van der Waals surface area contributed by atoms with Crippen molar-refractivity contribution in [3.63, 3.8) is 0 Å². The summed E-state index contributed by atoms with van der Waals surface area (Å²) in [7, 11) is 0. The lowest BCUT2D eigenvalue weighted by molar-refractivity contribution is 0.0998. The third-order valence-corrected chi connectivity index (χ3v) is 5.51. The van der Waals surface area contributed by atoms with Gasteiger partial charge in [-0.25, -0.2) is 0 Å². The number of nitrogens with zero attached hydrogens (tertiary/aromatic N) is 2. The summed E-state index contributed by atoms with van der Waals surface area (Å²) in [5.41, 5.74) is 2.69. The summed E-state index contributed by atoms with van der Waals surface area (Å²) in [6, 6.07) is 13.4. The van der Waals surface area contributed by atoms with Crippen LogP contribution in [-0.4, -0.2) is 10.5 Å². The minimum atomic E-state index is -0.258. The number of hydrogen-bond donors (Lipinski definition) is 0. The molecule has 134 valence electrons. The number of amides is 1. The van der Waals surface area contributed by atoms with Gasteiger partial charge in [-0.15, -0.1) is 6.58 Å². The van der Waals surface area contributed by atoms with Crippen LogP contribution in [0.3, 0.4) is 0 Å². The summed E-state index contributed by atoms with van der Waals surface area (Å²) in [6.45, 7) is 10.8. The first-order valence-electron chi connectivity index (χ1n) is 8.39. The number of halogens is 1. The van der Waals surface area contributed by atoms with Crippen molar-refractivity contribution in [2.75, 3.05) is 0 Å². The van der Waals surface area contributed by atoms with Gasteiger partial charge in [-0.05, 0) is 35.2 Å². The fourth-order valence-electron chi connectivity index (χ4n) is 2.73. The standard InChI is InChI=1S/C21H21ClN2OS/c1-5-13-24-18-16(22)7-6-8-17(18)26-20(24)23-19(25)14-9-11-15(12-10-14)21(2,3)4/h5-12H,1,13H2,2-4H3. The van der Waals surface area contributed by atoms with Gasteiger partial charge in [0, 0.05) is 12.1 Å². The number of rotatable bonds is 3. The van der Waals surface area contributed by atoms with Crippen LogP contribution >= 0.6 is 22.9 Å². The van der Waals surface area contributed by atoms with E-state index in [1.807, 2.05) is 47.0 Å². The van der Waals surface area contributed by atoms with E-state index in [0.717, 1.165) is 10.2 Å². The second-order valence-electron chi connectivity index (χ2n) is 7.11. The van der Waals surface area contributed by atoms with Crippen molar-refractivity contribution in [1.82, 2.24) is 4.57 Å². The zero-order chi connectivity index (χ0) is 18.9. The number of benzene rings is 2. The SMILES string of the molecule is C=CCn1c(=NC(=O)c2ccc(C(C)(C)C)cc2)sc2cccc(Cl)c21. The monoisotopic (exact) mass is 384 g/mol. The fourth-order valence-corrected chi connectivity index (χ4v) is 4.13. The number of allylic oxidation sites excluding steroid dienone is 1. The van der Waals surface area contributed by atoms with Gasteiger partial charge < -0.3 is 4.57 Å². The van der Waals surface area contributed by atoms with E-state index < -0.39 is 0 Å². The van der Waals surface area contributed by atoms with Crippen LogP contribution in [0.1, 0.15) is 36.7 Å². The second-order valence-corrected chi connectivity index (χ2v) is 8.53. The Hall–Kier alpha value is -2.17. The van der Waals surface area contributed by atoms with Crippen LogP contribution in [0.15, 0.2) is 60.1 Å². The lowest BCUT2D eigenvalue weighted by atomic mass is 9.87. The molecular weight excluding hydrogens is 364 g/mol. The second kappa shape index (κ2) is 7.22. The molecule has 26 heavy (non-hydrogen) atoms. The van der Waals surface area contributed by atoms with E-state index in [-0.39, 0.29) is 11.3 Å². The zero-order valence-corrected chi connectivity index (χ0v) is 16.7. The number of thiazole rings is 1. The molecule has 3 rings (SSSR count). The predicted molar refractivity (Wildman–Crippen MR) is 110 cm³/mol. The van der Waals surface area contributed by atoms with Gasteiger partial charge in [-0.3, -0.25) is 4.79 Å². The summed E-state index contributed by atoms with van der Waals surface area (Å²) in [6.07, 6.45) is 1.77. The maximum Gasteiger partial charge on any atom is 0.279 e. The number of carbonyl (C=O) groups is 1. The van der Waals surface area contributed by atoms with Crippen molar-refractivity contribution in [3.05, 3.63) is 76.1 Å². The van der Waals surface area contributed by atoms with Gasteiger partial charge in [0.15, 0.2) is 4.80 Å². The van der Waals surface area contributed by atoms with Gasteiger partial charge >= 0.3 is 0 Å².